The summed E-state index contributed by atoms with van der Waals surface area (Å²) < 4.78 is 0. The molecule has 2 aromatic heterocycles. The molecule has 1 amide bonds. The first-order chi connectivity index (χ1) is 14.7. The summed E-state index contributed by atoms with van der Waals surface area (Å²) in [6.07, 6.45) is 4.20. The predicted octanol–water partition coefficient (Wildman–Crippen LogP) is 3.34. The van der Waals surface area contributed by atoms with Gasteiger partial charge in [-0.3, -0.25) is 4.79 Å². The number of aromatic nitrogens is 3. The van der Waals surface area contributed by atoms with Crippen LogP contribution in [0.1, 0.15) is 31.2 Å². The fraction of sp³-hybridized carbons (Fsp3) is 0.391. The van der Waals surface area contributed by atoms with E-state index in [0.717, 1.165) is 74.4 Å². The molecule has 3 aromatic rings. The third kappa shape index (κ3) is 3.50. The Morgan fingerprint density at radius 1 is 1.10 bits per heavy atom. The lowest BCUT2D eigenvalue weighted by atomic mass is 9.96. The van der Waals surface area contributed by atoms with Crippen molar-refractivity contribution in [3.05, 3.63) is 42.0 Å². The minimum atomic E-state index is 0.0559. The van der Waals surface area contributed by atoms with E-state index < -0.39 is 0 Å². The van der Waals surface area contributed by atoms with Crippen LogP contribution in [0, 0.1) is 17.2 Å². The maximum Gasteiger partial charge on any atom is 0.227 e. The molecular formula is C23H24N6O. The maximum atomic E-state index is 12.8. The van der Waals surface area contributed by atoms with Crippen molar-refractivity contribution in [1.29, 1.82) is 5.26 Å². The molecule has 2 saturated heterocycles. The molecule has 30 heavy (non-hydrogen) atoms. The van der Waals surface area contributed by atoms with E-state index >= 15 is 0 Å². The number of amides is 1. The van der Waals surface area contributed by atoms with Crippen molar-refractivity contribution in [3.8, 4) is 17.5 Å². The van der Waals surface area contributed by atoms with Crippen LogP contribution in [0.15, 0.2) is 36.4 Å². The van der Waals surface area contributed by atoms with Gasteiger partial charge in [-0.25, -0.2) is 9.97 Å². The van der Waals surface area contributed by atoms with Crippen molar-refractivity contribution >= 4 is 22.9 Å². The first-order valence-corrected chi connectivity index (χ1v) is 10.6. The second-order valence-electron chi connectivity index (χ2n) is 8.13. The number of carbonyl (C=O) groups is 1. The molecule has 0 unspecified atom stereocenters. The number of aromatic amines is 1. The van der Waals surface area contributed by atoms with Crippen molar-refractivity contribution in [3.63, 3.8) is 0 Å². The minimum Gasteiger partial charge on any atom is -0.356 e. The molecule has 0 aliphatic carbocycles. The number of fused-ring (bicyclic) bond motifs is 1. The summed E-state index contributed by atoms with van der Waals surface area (Å²) in [5.74, 6) is 1.94. The molecule has 2 aliphatic heterocycles. The molecule has 4 heterocycles. The minimum absolute atomic E-state index is 0.0559. The number of likely N-dealkylation sites (tertiary alicyclic amines) is 1. The monoisotopic (exact) mass is 400 g/mol. The normalized spacial score (nSPS) is 19.2. The van der Waals surface area contributed by atoms with E-state index in [0.29, 0.717) is 17.3 Å². The summed E-state index contributed by atoms with van der Waals surface area (Å²) in [5, 5.41) is 9.13. The molecule has 0 saturated carbocycles. The number of H-pyrrole nitrogens is 1. The number of hydrogen-bond donors (Lipinski definition) is 1. The van der Waals surface area contributed by atoms with Crippen LogP contribution in [0.4, 0.5) is 5.82 Å². The number of nitrogens with zero attached hydrogens (tertiary/aromatic N) is 5. The van der Waals surface area contributed by atoms with Gasteiger partial charge in [-0.05, 0) is 49.9 Å². The van der Waals surface area contributed by atoms with Crippen molar-refractivity contribution < 1.29 is 4.79 Å². The number of hydrogen-bond acceptors (Lipinski definition) is 5. The maximum absolute atomic E-state index is 12.8. The third-order valence-electron chi connectivity index (χ3n) is 6.11. The van der Waals surface area contributed by atoms with Crippen LogP contribution < -0.4 is 4.90 Å². The molecular weight excluding hydrogens is 376 g/mol. The number of rotatable bonds is 3. The highest BCUT2D eigenvalue weighted by Gasteiger charge is 2.31. The molecule has 0 spiro atoms. The molecule has 2 aliphatic rings. The van der Waals surface area contributed by atoms with E-state index in [2.05, 4.69) is 20.9 Å². The largest absolute Gasteiger partial charge is 0.356 e. The molecule has 152 valence electrons. The van der Waals surface area contributed by atoms with Gasteiger partial charge in [0.2, 0.25) is 5.91 Å². The Hall–Kier alpha value is -3.40. The number of imidazole rings is 1. The molecule has 7 nitrogen and oxygen atoms in total. The Morgan fingerprint density at radius 3 is 2.80 bits per heavy atom. The summed E-state index contributed by atoms with van der Waals surface area (Å²) in [7, 11) is 0. The van der Waals surface area contributed by atoms with Gasteiger partial charge in [0, 0.05) is 31.7 Å². The number of anilines is 1. The fourth-order valence-electron chi connectivity index (χ4n) is 4.52. The van der Waals surface area contributed by atoms with E-state index in [1.165, 1.54) is 0 Å². The van der Waals surface area contributed by atoms with Crippen LogP contribution in [0.25, 0.3) is 22.6 Å². The summed E-state index contributed by atoms with van der Waals surface area (Å²) in [6, 6.07) is 13.5. The highest BCUT2D eigenvalue weighted by Crippen LogP contribution is 2.27. The van der Waals surface area contributed by atoms with Crippen LogP contribution >= 0.6 is 0 Å². The smallest absolute Gasteiger partial charge is 0.227 e. The average molecular weight is 400 g/mol. The molecule has 0 radical (unpaired) electrons. The van der Waals surface area contributed by atoms with E-state index in [1.807, 2.05) is 35.2 Å². The molecule has 7 heteroatoms. The topological polar surface area (TPSA) is 88.9 Å². The lowest BCUT2D eigenvalue weighted by Crippen LogP contribution is -2.44. The second kappa shape index (κ2) is 7.79. The van der Waals surface area contributed by atoms with Gasteiger partial charge in [0.25, 0.3) is 0 Å². The zero-order valence-electron chi connectivity index (χ0n) is 16.8. The Balaban J connectivity index is 1.38. The van der Waals surface area contributed by atoms with Crippen LogP contribution in [-0.2, 0) is 4.79 Å². The summed E-state index contributed by atoms with van der Waals surface area (Å²) >= 11 is 0. The lowest BCUT2D eigenvalue weighted by Gasteiger charge is -2.34. The Labute approximate surface area is 175 Å². The van der Waals surface area contributed by atoms with Crippen molar-refractivity contribution in [1.82, 2.24) is 19.9 Å². The SMILES string of the molecule is N#Cc1cccc(-c2nc3ccc(N4CCC[C@@H](C(=O)N5CCCC5)C4)nc3[nH]2)c1. The standard InChI is InChI=1S/C23H24N6O/c24-14-16-5-3-6-17(13-16)21-25-19-8-9-20(26-22(19)27-21)29-12-4-7-18(15-29)23(30)28-10-1-2-11-28/h3,5-6,8-9,13,18H,1-2,4,7,10-12,15H2,(H,25,26,27)/t18-/m1/s1. The van der Waals surface area contributed by atoms with Crippen molar-refractivity contribution in [2.45, 2.75) is 25.7 Å². The highest BCUT2D eigenvalue weighted by molar-refractivity contribution is 5.81. The second-order valence-corrected chi connectivity index (χ2v) is 8.13. The Morgan fingerprint density at radius 2 is 1.97 bits per heavy atom. The first kappa shape index (κ1) is 18.6. The van der Waals surface area contributed by atoms with Crippen LogP contribution in [0.3, 0.4) is 0 Å². The van der Waals surface area contributed by atoms with Gasteiger partial charge >= 0.3 is 0 Å². The number of carbonyl (C=O) groups excluding carboxylic acids is 1. The number of benzene rings is 1. The summed E-state index contributed by atoms with van der Waals surface area (Å²) in [5.41, 5.74) is 2.97. The molecule has 0 bridgehead atoms. The van der Waals surface area contributed by atoms with Gasteiger partial charge in [0.05, 0.1) is 17.6 Å². The van der Waals surface area contributed by atoms with Crippen molar-refractivity contribution in [2.75, 3.05) is 31.1 Å². The molecule has 5 rings (SSSR count). The fourth-order valence-corrected chi connectivity index (χ4v) is 4.52. The van der Waals surface area contributed by atoms with Gasteiger partial charge < -0.3 is 14.8 Å². The number of pyridine rings is 1. The zero-order valence-corrected chi connectivity index (χ0v) is 16.8. The lowest BCUT2D eigenvalue weighted by molar-refractivity contribution is -0.134. The van der Waals surface area contributed by atoms with E-state index in [1.54, 1.807) is 6.07 Å². The first-order valence-electron chi connectivity index (χ1n) is 10.6. The Kier molecular flexibility index (Phi) is 4.83. The van der Waals surface area contributed by atoms with E-state index in [4.69, 9.17) is 10.2 Å². The molecule has 2 fully saturated rings. The number of nitrogens with one attached hydrogen (secondary N) is 1. The van der Waals surface area contributed by atoms with Crippen molar-refractivity contribution in [2.24, 2.45) is 5.92 Å². The van der Waals surface area contributed by atoms with Gasteiger partial charge in [-0.15, -0.1) is 0 Å². The summed E-state index contributed by atoms with van der Waals surface area (Å²) in [4.78, 5) is 29.8. The average Bonchev–Trinajstić information content (AvgIpc) is 3.48. The van der Waals surface area contributed by atoms with Crippen LogP contribution in [0.5, 0.6) is 0 Å². The highest BCUT2D eigenvalue weighted by atomic mass is 16.2. The number of piperidine rings is 1. The van der Waals surface area contributed by atoms with Crippen LogP contribution in [0.2, 0.25) is 0 Å². The van der Waals surface area contributed by atoms with Gasteiger partial charge in [-0.2, -0.15) is 5.26 Å². The predicted molar refractivity (Wildman–Crippen MR) is 115 cm³/mol. The third-order valence-corrected chi connectivity index (χ3v) is 6.11. The molecule has 1 atom stereocenters. The molecule has 1 aromatic carbocycles. The van der Waals surface area contributed by atoms with E-state index in [-0.39, 0.29) is 5.92 Å². The number of nitriles is 1. The zero-order chi connectivity index (χ0) is 20.5. The van der Waals surface area contributed by atoms with E-state index in [9.17, 15) is 4.79 Å². The van der Waals surface area contributed by atoms with Gasteiger partial charge in [-0.1, -0.05) is 12.1 Å². The Bertz CT molecular complexity index is 1120. The quantitative estimate of drug-likeness (QED) is 0.728. The summed E-state index contributed by atoms with van der Waals surface area (Å²) in [6.45, 7) is 3.44. The van der Waals surface area contributed by atoms with Gasteiger partial charge in [0.1, 0.15) is 17.2 Å². The van der Waals surface area contributed by atoms with Gasteiger partial charge in [0.15, 0.2) is 5.65 Å². The molecule has 1 N–H and O–H groups in total. The van der Waals surface area contributed by atoms with Crippen LogP contribution in [-0.4, -0.2) is 51.9 Å².